The van der Waals surface area contributed by atoms with E-state index >= 15 is 0 Å². The number of benzene rings is 1. The zero-order chi connectivity index (χ0) is 14.4. The third kappa shape index (κ3) is 4.31. The fraction of sp³-hybridized carbons (Fsp3) is 0.385. The Kier molecular flexibility index (Phi) is 5.41. The minimum Gasteiger partial charge on any atom is -0.468 e. The highest BCUT2D eigenvalue weighted by molar-refractivity contribution is 5.83. The van der Waals surface area contributed by atoms with Crippen molar-refractivity contribution in [3.05, 3.63) is 35.4 Å². The van der Waals surface area contributed by atoms with E-state index in [1.165, 1.54) is 18.1 Å². The van der Waals surface area contributed by atoms with Crippen LogP contribution in [0.5, 0.6) is 0 Å². The van der Waals surface area contributed by atoms with Crippen LogP contribution < -0.4 is 0 Å². The number of hydrogen-bond donors (Lipinski definition) is 0. The van der Waals surface area contributed by atoms with Gasteiger partial charge in [-0.25, -0.2) is 8.78 Å². The van der Waals surface area contributed by atoms with Gasteiger partial charge >= 0.3 is 5.97 Å². The summed E-state index contributed by atoms with van der Waals surface area (Å²) < 4.78 is 30.6. The molecule has 4 nitrogen and oxygen atoms in total. The van der Waals surface area contributed by atoms with Crippen LogP contribution in [0.3, 0.4) is 0 Å². The van der Waals surface area contributed by atoms with Gasteiger partial charge in [0.1, 0.15) is 18.2 Å². The van der Waals surface area contributed by atoms with Gasteiger partial charge in [0.2, 0.25) is 5.91 Å². The van der Waals surface area contributed by atoms with E-state index in [2.05, 4.69) is 4.74 Å². The molecule has 0 aliphatic carbocycles. The van der Waals surface area contributed by atoms with E-state index in [9.17, 15) is 18.4 Å². The molecule has 0 saturated heterocycles. The normalized spacial score (nSPS) is 10.1. The van der Waals surface area contributed by atoms with Gasteiger partial charge in [-0.15, -0.1) is 0 Å². The molecule has 0 aliphatic rings. The lowest BCUT2D eigenvalue weighted by Crippen LogP contribution is -2.37. The maximum atomic E-state index is 13.4. The molecule has 1 aromatic carbocycles. The zero-order valence-electron chi connectivity index (χ0n) is 10.8. The molecule has 0 N–H and O–H groups in total. The van der Waals surface area contributed by atoms with Crippen molar-refractivity contribution in [2.75, 3.05) is 20.2 Å². The lowest BCUT2D eigenvalue weighted by Gasteiger charge is -2.19. The van der Waals surface area contributed by atoms with Gasteiger partial charge in [-0.1, -0.05) is 6.07 Å². The Labute approximate surface area is 110 Å². The molecule has 104 valence electrons. The highest BCUT2D eigenvalue weighted by Gasteiger charge is 2.17. The van der Waals surface area contributed by atoms with Crippen LogP contribution >= 0.6 is 0 Å². The van der Waals surface area contributed by atoms with E-state index < -0.39 is 23.5 Å². The number of halogens is 2. The topological polar surface area (TPSA) is 46.6 Å². The predicted molar refractivity (Wildman–Crippen MR) is 64.3 cm³/mol. The molecule has 6 heteroatoms. The van der Waals surface area contributed by atoms with E-state index in [0.717, 1.165) is 12.1 Å². The summed E-state index contributed by atoms with van der Waals surface area (Å²) in [6.45, 7) is 1.81. The Balaban J connectivity index is 2.74. The SMILES string of the molecule is CCN(CC(=O)OC)C(=O)Cc1ccc(F)cc1F. The predicted octanol–water partition coefficient (Wildman–Crippen LogP) is 1.53. The van der Waals surface area contributed by atoms with Gasteiger partial charge in [0.05, 0.1) is 13.5 Å². The summed E-state index contributed by atoms with van der Waals surface area (Å²) in [6, 6.07) is 3.02. The van der Waals surface area contributed by atoms with Crippen molar-refractivity contribution in [3.63, 3.8) is 0 Å². The summed E-state index contributed by atoms with van der Waals surface area (Å²) in [7, 11) is 1.22. The number of carbonyl (C=O) groups is 2. The number of esters is 1. The standard InChI is InChI=1S/C13H15F2NO3/c1-3-16(8-13(18)19-2)12(17)6-9-4-5-10(14)7-11(9)15/h4-5,7H,3,6,8H2,1-2H3. The van der Waals surface area contributed by atoms with E-state index in [1.54, 1.807) is 6.92 Å². The third-order valence-electron chi connectivity index (χ3n) is 2.64. The van der Waals surface area contributed by atoms with E-state index in [1.807, 2.05) is 0 Å². The van der Waals surface area contributed by atoms with Crippen LogP contribution in [0.25, 0.3) is 0 Å². The van der Waals surface area contributed by atoms with Crippen molar-refractivity contribution in [2.24, 2.45) is 0 Å². The van der Waals surface area contributed by atoms with Crippen LogP contribution in [0.2, 0.25) is 0 Å². The fourth-order valence-corrected chi connectivity index (χ4v) is 1.54. The highest BCUT2D eigenvalue weighted by atomic mass is 19.1. The number of ether oxygens (including phenoxy) is 1. The summed E-state index contributed by atoms with van der Waals surface area (Å²) in [5.41, 5.74) is 0.0923. The maximum absolute atomic E-state index is 13.4. The number of hydrogen-bond acceptors (Lipinski definition) is 3. The Hall–Kier alpha value is -1.98. The molecule has 1 rings (SSSR count). The summed E-state index contributed by atoms with van der Waals surface area (Å²) >= 11 is 0. The van der Waals surface area contributed by atoms with Crippen LogP contribution in [0.4, 0.5) is 8.78 Å². The Morgan fingerprint density at radius 2 is 2.00 bits per heavy atom. The zero-order valence-corrected chi connectivity index (χ0v) is 10.8. The molecule has 1 amide bonds. The van der Waals surface area contributed by atoms with Gasteiger partial charge in [-0.05, 0) is 18.6 Å². The molecule has 0 fully saturated rings. The van der Waals surface area contributed by atoms with Crippen LogP contribution in [0, 0.1) is 11.6 Å². The van der Waals surface area contributed by atoms with Gasteiger partial charge in [-0.3, -0.25) is 9.59 Å². The quantitative estimate of drug-likeness (QED) is 0.763. The van der Waals surface area contributed by atoms with Crippen molar-refractivity contribution in [1.29, 1.82) is 0 Å². The van der Waals surface area contributed by atoms with Gasteiger partial charge in [0.25, 0.3) is 0 Å². The fourth-order valence-electron chi connectivity index (χ4n) is 1.54. The smallest absolute Gasteiger partial charge is 0.325 e. The first-order valence-electron chi connectivity index (χ1n) is 5.76. The number of likely N-dealkylation sites (N-methyl/N-ethyl adjacent to an activating group) is 1. The number of methoxy groups -OCH3 is 1. The van der Waals surface area contributed by atoms with Crippen LogP contribution in [-0.2, 0) is 20.7 Å². The van der Waals surface area contributed by atoms with Crippen LogP contribution in [0.15, 0.2) is 18.2 Å². The van der Waals surface area contributed by atoms with Crippen LogP contribution in [-0.4, -0.2) is 37.0 Å². The van der Waals surface area contributed by atoms with Crippen molar-refractivity contribution in [2.45, 2.75) is 13.3 Å². The van der Waals surface area contributed by atoms with Gasteiger partial charge in [0, 0.05) is 12.6 Å². The van der Waals surface area contributed by atoms with E-state index in [4.69, 9.17) is 0 Å². The molecule has 0 unspecified atom stereocenters. The Morgan fingerprint density at radius 1 is 1.32 bits per heavy atom. The molecule has 0 spiro atoms. The second kappa shape index (κ2) is 6.82. The summed E-state index contributed by atoms with van der Waals surface area (Å²) in [6.07, 6.45) is -0.225. The second-order valence-electron chi connectivity index (χ2n) is 3.90. The van der Waals surface area contributed by atoms with Crippen molar-refractivity contribution < 1.29 is 23.1 Å². The minimum absolute atomic E-state index is 0.0923. The summed E-state index contributed by atoms with van der Waals surface area (Å²) in [5, 5.41) is 0. The first-order valence-corrected chi connectivity index (χ1v) is 5.76. The summed E-state index contributed by atoms with van der Waals surface area (Å²) in [4.78, 5) is 24.2. The number of rotatable bonds is 5. The summed E-state index contributed by atoms with van der Waals surface area (Å²) in [5.74, 6) is -2.44. The largest absolute Gasteiger partial charge is 0.468 e. The lowest BCUT2D eigenvalue weighted by atomic mass is 10.1. The van der Waals surface area contributed by atoms with Crippen LogP contribution in [0.1, 0.15) is 12.5 Å². The monoisotopic (exact) mass is 271 g/mol. The number of carbonyl (C=O) groups excluding carboxylic acids is 2. The molecule has 1 aromatic rings. The maximum Gasteiger partial charge on any atom is 0.325 e. The Morgan fingerprint density at radius 3 is 2.53 bits per heavy atom. The Bertz CT molecular complexity index is 477. The molecule has 19 heavy (non-hydrogen) atoms. The minimum atomic E-state index is -0.775. The third-order valence-corrected chi connectivity index (χ3v) is 2.64. The first-order chi connectivity index (χ1) is 8.97. The first kappa shape index (κ1) is 15.1. The molecule has 0 aliphatic heterocycles. The van der Waals surface area contributed by atoms with Gasteiger partial charge in [0.15, 0.2) is 0 Å². The molecule has 0 aromatic heterocycles. The highest BCUT2D eigenvalue weighted by Crippen LogP contribution is 2.11. The number of nitrogens with zero attached hydrogens (tertiary/aromatic N) is 1. The van der Waals surface area contributed by atoms with E-state index in [0.29, 0.717) is 6.54 Å². The molecule has 0 radical (unpaired) electrons. The van der Waals surface area contributed by atoms with Crippen molar-refractivity contribution in [3.8, 4) is 0 Å². The van der Waals surface area contributed by atoms with Crippen molar-refractivity contribution >= 4 is 11.9 Å². The molecular formula is C13H15F2NO3. The van der Waals surface area contributed by atoms with Gasteiger partial charge in [-0.2, -0.15) is 0 Å². The van der Waals surface area contributed by atoms with E-state index in [-0.39, 0.29) is 18.5 Å². The second-order valence-corrected chi connectivity index (χ2v) is 3.90. The average molecular weight is 271 g/mol. The molecule has 0 bridgehead atoms. The molecule has 0 heterocycles. The molecule has 0 saturated carbocycles. The molecular weight excluding hydrogens is 256 g/mol. The average Bonchev–Trinajstić information content (AvgIpc) is 2.38. The van der Waals surface area contributed by atoms with Crippen molar-refractivity contribution in [1.82, 2.24) is 4.90 Å². The molecule has 0 atom stereocenters. The lowest BCUT2D eigenvalue weighted by molar-refractivity contribution is -0.146. The number of amides is 1. The van der Waals surface area contributed by atoms with Gasteiger partial charge < -0.3 is 9.64 Å².